The van der Waals surface area contributed by atoms with Gasteiger partial charge in [-0.1, -0.05) is 0 Å². The monoisotopic (exact) mass is 415 g/mol. The number of aromatic nitrogens is 5. The highest BCUT2D eigenvalue weighted by Gasteiger charge is 2.20. The van der Waals surface area contributed by atoms with Crippen LogP contribution < -0.4 is 16.2 Å². The molecule has 0 saturated heterocycles. The van der Waals surface area contributed by atoms with Crippen molar-refractivity contribution in [3.8, 4) is 11.8 Å². The maximum atomic E-state index is 9.92. The number of hydrogen-bond acceptors (Lipinski definition) is 9. The first kappa shape index (κ1) is 20.1. The molecule has 0 bridgehead atoms. The second-order valence-electron chi connectivity index (χ2n) is 7.31. The van der Waals surface area contributed by atoms with Gasteiger partial charge >= 0.3 is 0 Å². The van der Waals surface area contributed by atoms with Crippen molar-refractivity contribution in [2.75, 3.05) is 25.6 Å². The van der Waals surface area contributed by atoms with Crippen LogP contribution in [0.1, 0.15) is 31.2 Å². The molecule has 160 valence electrons. The Morgan fingerprint density at radius 3 is 2.80 bits per heavy atom. The number of nitrogens with zero attached hydrogens (tertiary/aromatic N) is 5. The quantitative estimate of drug-likeness (QED) is 0.343. The summed E-state index contributed by atoms with van der Waals surface area (Å²) in [5, 5.41) is 37.5. The number of fused-ring (bicyclic) bond motifs is 1. The Kier molecular flexibility index (Phi) is 5.81. The zero-order valence-corrected chi connectivity index (χ0v) is 16.6. The molecule has 11 nitrogen and oxygen atoms in total. The fourth-order valence-electron chi connectivity index (χ4n) is 3.51. The van der Waals surface area contributed by atoms with E-state index in [-0.39, 0.29) is 23.9 Å². The smallest absolute Gasteiger partial charge is 0.251 e. The molecule has 0 unspecified atom stereocenters. The Bertz CT molecular complexity index is 1130. The SMILES string of the molecule is COCCN=c1nc(NC2CCC(O)CC2)nc2c(=Cc3cc(O)[nH]c3O)cnn12. The van der Waals surface area contributed by atoms with Crippen LogP contribution in [0.15, 0.2) is 17.3 Å². The van der Waals surface area contributed by atoms with E-state index in [0.29, 0.717) is 41.1 Å². The summed E-state index contributed by atoms with van der Waals surface area (Å²) in [4.78, 5) is 16.0. The Hall–Kier alpha value is -3.18. The van der Waals surface area contributed by atoms with Gasteiger partial charge in [0.25, 0.3) is 5.62 Å². The number of aliphatic hydroxyl groups is 1. The number of aromatic amines is 1. The van der Waals surface area contributed by atoms with Crippen LogP contribution in [0.3, 0.4) is 0 Å². The Morgan fingerprint density at radius 1 is 1.30 bits per heavy atom. The molecule has 3 aromatic rings. The summed E-state index contributed by atoms with van der Waals surface area (Å²) >= 11 is 0. The molecule has 0 spiro atoms. The summed E-state index contributed by atoms with van der Waals surface area (Å²) in [5.74, 6) is 0.142. The van der Waals surface area contributed by atoms with E-state index in [4.69, 9.17) is 4.74 Å². The lowest BCUT2D eigenvalue weighted by molar-refractivity contribution is 0.126. The standard InChI is InChI=1S/C19H25N7O4/c1-30-7-6-20-19-25-18(22-13-2-4-14(27)5-3-13)24-16-12(10-21-26(16)19)8-11-9-15(28)23-17(11)29/h8-10,13-14,23,27-29H,2-7H2,1H3,(H,20,22,25). The highest BCUT2D eigenvalue weighted by molar-refractivity contribution is 5.61. The predicted octanol–water partition coefficient (Wildman–Crippen LogP) is -0.326. The van der Waals surface area contributed by atoms with Gasteiger partial charge in [0.15, 0.2) is 17.4 Å². The van der Waals surface area contributed by atoms with Gasteiger partial charge in [0.2, 0.25) is 5.95 Å². The van der Waals surface area contributed by atoms with Crippen molar-refractivity contribution in [2.24, 2.45) is 4.99 Å². The fraction of sp³-hybridized carbons (Fsp3) is 0.474. The summed E-state index contributed by atoms with van der Waals surface area (Å²) in [6.07, 6.45) is 6.18. The van der Waals surface area contributed by atoms with E-state index >= 15 is 0 Å². The van der Waals surface area contributed by atoms with E-state index in [2.05, 4.69) is 30.4 Å². The molecule has 0 atom stereocenters. The van der Waals surface area contributed by atoms with E-state index in [0.717, 1.165) is 25.7 Å². The molecular weight excluding hydrogens is 390 g/mol. The van der Waals surface area contributed by atoms with Crippen LogP contribution in [0.2, 0.25) is 0 Å². The second-order valence-corrected chi connectivity index (χ2v) is 7.31. The highest BCUT2D eigenvalue weighted by Crippen LogP contribution is 2.22. The van der Waals surface area contributed by atoms with Gasteiger partial charge in [-0.2, -0.15) is 19.6 Å². The Balaban J connectivity index is 1.76. The lowest BCUT2D eigenvalue weighted by Gasteiger charge is -2.26. The van der Waals surface area contributed by atoms with Gasteiger partial charge in [-0.3, -0.25) is 4.98 Å². The van der Waals surface area contributed by atoms with Gasteiger partial charge in [0.1, 0.15) is 0 Å². The average molecular weight is 415 g/mol. The van der Waals surface area contributed by atoms with Crippen LogP contribution in [0, 0.1) is 0 Å². The van der Waals surface area contributed by atoms with Crippen molar-refractivity contribution in [3.05, 3.63) is 28.7 Å². The maximum absolute atomic E-state index is 9.92. The number of nitrogens with one attached hydrogen (secondary N) is 2. The first-order chi connectivity index (χ1) is 14.5. The fourth-order valence-corrected chi connectivity index (χ4v) is 3.51. The minimum atomic E-state index is -0.243. The maximum Gasteiger partial charge on any atom is 0.251 e. The normalized spacial score (nSPS) is 20.9. The number of methoxy groups -OCH3 is 1. The van der Waals surface area contributed by atoms with Gasteiger partial charge in [-0.15, -0.1) is 0 Å². The van der Waals surface area contributed by atoms with Gasteiger partial charge in [-0.25, -0.2) is 4.99 Å². The van der Waals surface area contributed by atoms with Crippen molar-refractivity contribution < 1.29 is 20.1 Å². The van der Waals surface area contributed by atoms with Crippen molar-refractivity contribution >= 4 is 17.7 Å². The van der Waals surface area contributed by atoms with Crippen LogP contribution in [0.5, 0.6) is 11.8 Å². The van der Waals surface area contributed by atoms with Crippen molar-refractivity contribution in [1.29, 1.82) is 0 Å². The summed E-state index contributed by atoms with van der Waals surface area (Å²) in [6.45, 7) is 0.870. The molecule has 0 aliphatic heterocycles. The number of anilines is 1. The molecule has 5 N–H and O–H groups in total. The van der Waals surface area contributed by atoms with Gasteiger partial charge in [0, 0.05) is 30.0 Å². The molecule has 0 radical (unpaired) electrons. The number of rotatable bonds is 6. The van der Waals surface area contributed by atoms with Crippen LogP contribution in [0.25, 0.3) is 11.7 Å². The van der Waals surface area contributed by atoms with Gasteiger partial charge in [-0.05, 0) is 31.8 Å². The third-order valence-electron chi connectivity index (χ3n) is 5.08. The minimum absolute atomic E-state index is 0.137. The number of hydrogen-bond donors (Lipinski definition) is 5. The van der Waals surface area contributed by atoms with E-state index in [9.17, 15) is 15.3 Å². The molecule has 0 aromatic carbocycles. The largest absolute Gasteiger partial charge is 0.494 e. The lowest BCUT2D eigenvalue weighted by Crippen LogP contribution is -2.31. The Morgan fingerprint density at radius 2 is 2.10 bits per heavy atom. The van der Waals surface area contributed by atoms with Crippen molar-refractivity contribution in [2.45, 2.75) is 37.8 Å². The zero-order valence-electron chi connectivity index (χ0n) is 16.6. The molecule has 30 heavy (non-hydrogen) atoms. The van der Waals surface area contributed by atoms with Gasteiger partial charge < -0.3 is 25.4 Å². The molecule has 0 amide bonds. The third-order valence-corrected chi connectivity index (χ3v) is 5.08. The zero-order chi connectivity index (χ0) is 21.1. The van der Waals surface area contributed by atoms with Crippen LogP contribution in [0.4, 0.5) is 5.95 Å². The summed E-state index contributed by atoms with van der Waals surface area (Å²) in [7, 11) is 1.61. The molecule has 1 aliphatic carbocycles. The van der Waals surface area contributed by atoms with Gasteiger partial charge in [0.05, 0.1) is 25.5 Å². The molecule has 1 saturated carbocycles. The average Bonchev–Trinajstić information content (AvgIpc) is 3.26. The van der Waals surface area contributed by atoms with E-state index in [1.807, 2.05) is 0 Å². The van der Waals surface area contributed by atoms with E-state index < -0.39 is 0 Å². The molecule has 11 heteroatoms. The number of aliphatic hydroxyl groups excluding tert-OH is 1. The number of aromatic hydroxyl groups is 2. The third kappa shape index (κ3) is 4.36. The second kappa shape index (κ2) is 8.67. The van der Waals surface area contributed by atoms with Crippen LogP contribution in [-0.4, -0.2) is 72.3 Å². The minimum Gasteiger partial charge on any atom is -0.494 e. The van der Waals surface area contributed by atoms with E-state index in [1.54, 1.807) is 19.4 Å². The number of H-pyrrole nitrogens is 1. The predicted molar refractivity (Wildman–Crippen MR) is 108 cm³/mol. The first-order valence-electron chi connectivity index (χ1n) is 9.86. The summed E-state index contributed by atoms with van der Waals surface area (Å²) in [6, 6.07) is 1.58. The summed E-state index contributed by atoms with van der Waals surface area (Å²) in [5.41, 5.74) is 1.31. The summed E-state index contributed by atoms with van der Waals surface area (Å²) < 4.78 is 6.60. The van der Waals surface area contributed by atoms with Crippen molar-refractivity contribution in [3.63, 3.8) is 0 Å². The molecule has 4 rings (SSSR count). The van der Waals surface area contributed by atoms with Crippen LogP contribution >= 0.6 is 0 Å². The lowest BCUT2D eigenvalue weighted by atomic mass is 9.93. The molecule has 3 aromatic heterocycles. The molecular formula is C19H25N7O4. The molecule has 3 heterocycles. The van der Waals surface area contributed by atoms with Crippen molar-refractivity contribution in [1.82, 2.24) is 24.6 Å². The number of ether oxygens (including phenoxy) is 1. The Labute approximate surface area is 171 Å². The van der Waals surface area contributed by atoms with E-state index in [1.165, 1.54) is 10.6 Å². The first-order valence-corrected chi connectivity index (χ1v) is 9.86. The highest BCUT2D eigenvalue weighted by atomic mass is 16.5. The molecule has 1 aliphatic rings. The molecule has 1 fully saturated rings. The topological polar surface area (TPSA) is 153 Å². The van der Waals surface area contributed by atoms with Crippen LogP contribution in [-0.2, 0) is 4.74 Å².